The first-order valence-electron chi connectivity index (χ1n) is 3.00. The number of carbonyl (C=O) groups is 1. The van der Waals surface area contributed by atoms with Gasteiger partial charge in [0, 0.05) is 6.20 Å². The summed E-state index contributed by atoms with van der Waals surface area (Å²) in [5, 5.41) is 8.46. The molecular formula is C7H4ClN3O. The van der Waals surface area contributed by atoms with Crippen LogP contribution in [0.4, 0.5) is 0 Å². The van der Waals surface area contributed by atoms with Gasteiger partial charge in [-0.15, -0.1) is 0 Å². The van der Waals surface area contributed by atoms with Crippen LogP contribution in [-0.4, -0.2) is 10.9 Å². The molecule has 0 unspecified atom stereocenters. The molecule has 0 aliphatic carbocycles. The maximum atomic E-state index is 10.7. The summed E-state index contributed by atoms with van der Waals surface area (Å²) in [7, 11) is 0. The molecule has 1 amide bonds. The van der Waals surface area contributed by atoms with E-state index >= 15 is 0 Å². The Morgan fingerprint density at radius 2 is 2.42 bits per heavy atom. The molecule has 0 radical (unpaired) electrons. The van der Waals surface area contributed by atoms with Crippen molar-refractivity contribution in [3.05, 3.63) is 28.5 Å². The van der Waals surface area contributed by atoms with Gasteiger partial charge in [-0.1, -0.05) is 11.6 Å². The van der Waals surface area contributed by atoms with Crippen molar-refractivity contribution < 1.29 is 4.79 Å². The molecule has 1 heterocycles. The van der Waals surface area contributed by atoms with E-state index in [0.29, 0.717) is 0 Å². The van der Waals surface area contributed by atoms with Gasteiger partial charge < -0.3 is 5.73 Å². The minimum Gasteiger partial charge on any atom is -0.366 e. The smallest absolute Gasteiger partial charge is 0.251 e. The molecule has 0 saturated carbocycles. The molecule has 60 valence electrons. The number of nitriles is 1. The van der Waals surface area contributed by atoms with Gasteiger partial charge >= 0.3 is 0 Å². The van der Waals surface area contributed by atoms with E-state index in [1.807, 2.05) is 6.07 Å². The fourth-order valence-corrected chi connectivity index (χ4v) is 0.878. The summed E-state index contributed by atoms with van der Waals surface area (Å²) < 4.78 is 0. The van der Waals surface area contributed by atoms with Crippen molar-refractivity contribution in [3.8, 4) is 6.07 Å². The molecule has 5 heteroatoms. The van der Waals surface area contributed by atoms with Crippen molar-refractivity contribution in [1.29, 1.82) is 5.26 Å². The Balaban J connectivity index is 3.28. The standard InChI is InChI=1S/C7H4ClN3O/c8-6-5(7(10)12)1-4(2-9)3-11-6/h1,3H,(H2,10,12). The highest BCUT2D eigenvalue weighted by atomic mass is 35.5. The van der Waals surface area contributed by atoms with Crippen LogP contribution in [0.25, 0.3) is 0 Å². The number of halogens is 1. The van der Waals surface area contributed by atoms with Crippen molar-refractivity contribution in [2.24, 2.45) is 5.73 Å². The van der Waals surface area contributed by atoms with Crippen LogP contribution in [0.5, 0.6) is 0 Å². The molecule has 1 aromatic heterocycles. The Kier molecular flexibility index (Phi) is 2.26. The number of amides is 1. The molecule has 0 atom stereocenters. The van der Waals surface area contributed by atoms with Crippen LogP contribution in [0.3, 0.4) is 0 Å². The highest BCUT2D eigenvalue weighted by Crippen LogP contribution is 2.12. The lowest BCUT2D eigenvalue weighted by Crippen LogP contribution is -2.12. The largest absolute Gasteiger partial charge is 0.366 e. The lowest BCUT2D eigenvalue weighted by molar-refractivity contribution is 0.1000. The average Bonchev–Trinajstić information content (AvgIpc) is 2.05. The zero-order valence-corrected chi connectivity index (χ0v) is 6.67. The summed E-state index contributed by atoms with van der Waals surface area (Å²) in [6.07, 6.45) is 1.27. The second-order valence-electron chi connectivity index (χ2n) is 2.04. The van der Waals surface area contributed by atoms with E-state index in [0.717, 1.165) is 0 Å². The minimum absolute atomic E-state index is 0.0153. The topological polar surface area (TPSA) is 79.8 Å². The zero-order chi connectivity index (χ0) is 9.14. The van der Waals surface area contributed by atoms with Gasteiger partial charge in [-0.2, -0.15) is 5.26 Å². The maximum Gasteiger partial charge on any atom is 0.251 e. The summed E-state index contributed by atoms with van der Waals surface area (Å²) in [5.41, 5.74) is 5.29. The number of carbonyl (C=O) groups excluding carboxylic acids is 1. The zero-order valence-electron chi connectivity index (χ0n) is 5.91. The monoisotopic (exact) mass is 181 g/mol. The highest BCUT2D eigenvalue weighted by Gasteiger charge is 2.07. The molecule has 0 aliphatic heterocycles. The van der Waals surface area contributed by atoms with E-state index in [-0.39, 0.29) is 16.3 Å². The molecule has 0 bridgehead atoms. The molecule has 0 saturated heterocycles. The predicted molar refractivity (Wildman–Crippen MR) is 42.5 cm³/mol. The molecule has 0 aliphatic rings. The second-order valence-corrected chi connectivity index (χ2v) is 2.40. The number of hydrogen-bond donors (Lipinski definition) is 1. The quantitative estimate of drug-likeness (QED) is 0.648. The fraction of sp³-hybridized carbons (Fsp3) is 0. The molecule has 4 nitrogen and oxygen atoms in total. The number of rotatable bonds is 1. The lowest BCUT2D eigenvalue weighted by atomic mass is 10.2. The van der Waals surface area contributed by atoms with Crippen LogP contribution >= 0.6 is 11.6 Å². The number of pyridine rings is 1. The predicted octanol–water partition coefficient (Wildman–Crippen LogP) is 0.706. The van der Waals surface area contributed by atoms with Crippen LogP contribution in [0.15, 0.2) is 12.3 Å². The van der Waals surface area contributed by atoms with Gasteiger partial charge in [0.25, 0.3) is 5.91 Å². The van der Waals surface area contributed by atoms with Gasteiger partial charge in [-0.3, -0.25) is 4.79 Å². The highest BCUT2D eigenvalue weighted by molar-refractivity contribution is 6.32. The lowest BCUT2D eigenvalue weighted by Gasteiger charge is -1.97. The first-order chi connectivity index (χ1) is 5.65. The normalized spacial score (nSPS) is 9.00. The first kappa shape index (κ1) is 8.50. The first-order valence-corrected chi connectivity index (χ1v) is 3.38. The number of aromatic nitrogens is 1. The van der Waals surface area contributed by atoms with Crippen LogP contribution in [0, 0.1) is 11.3 Å². The Morgan fingerprint density at radius 3 is 2.92 bits per heavy atom. The molecule has 1 rings (SSSR count). The van der Waals surface area contributed by atoms with Gasteiger partial charge in [0.05, 0.1) is 11.1 Å². The van der Waals surface area contributed by atoms with Crippen molar-refractivity contribution in [2.45, 2.75) is 0 Å². The van der Waals surface area contributed by atoms with Crippen molar-refractivity contribution >= 4 is 17.5 Å². The summed E-state index contributed by atoms with van der Waals surface area (Å²) in [5.74, 6) is -0.690. The molecule has 2 N–H and O–H groups in total. The number of primary amides is 1. The Hall–Kier alpha value is -1.60. The maximum absolute atomic E-state index is 10.7. The fourth-order valence-electron chi connectivity index (χ4n) is 0.682. The van der Waals surface area contributed by atoms with E-state index < -0.39 is 5.91 Å². The minimum atomic E-state index is -0.690. The number of hydrogen-bond acceptors (Lipinski definition) is 3. The molecule has 0 spiro atoms. The third-order valence-corrected chi connectivity index (χ3v) is 1.53. The Bertz CT molecular complexity index is 369. The average molecular weight is 182 g/mol. The van der Waals surface area contributed by atoms with E-state index in [1.165, 1.54) is 12.3 Å². The molecule has 12 heavy (non-hydrogen) atoms. The molecule has 0 fully saturated rings. The van der Waals surface area contributed by atoms with Gasteiger partial charge in [0.1, 0.15) is 11.2 Å². The molecule has 0 aromatic carbocycles. The summed E-state index contributed by atoms with van der Waals surface area (Å²) in [4.78, 5) is 14.3. The summed E-state index contributed by atoms with van der Waals surface area (Å²) >= 11 is 5.53. The summed E-state index contributed by atoms with van der Waals surface area (Å²) in [6, 6.07) is 3.12. The van der Waals surface area contributed by atoms with Crippen LogP contribution in [-0.2, 0) is 0 Å². The third-order valence-electron chi connectivity index (χ3n) is 1.23. The van der Waals surface area contributed by atoms with Gasteiger partial charge in [-0.25, -0.2) is 4.98 Å². The third kappa shape index (κ3) is 1.52. The van der Waals surface area contributed by atoms with Gasteiger partial charge in [0.15, 0.2) is 0 Å². The van der Waals surface area contributed by atoms with Crippen molar-refractivity contribution in [3.63, 3.8) is 0 Å². The Morgan fingerprint density at radius 1 is 1.75 bits per heavy atom. The van der Waals surface area contributed by atoms with Gasteiger partial charge in [0.2, 0.25) is 0 Å². The number of nitrogens with zero attached hydrogens (tertiary/aromatic N) is 2. The van der Waals surface area contributed by atoms with Crippen LogP contribution in [0.2, 0.25) is 5.15 Å². The summed E-state index contributed by atoms with van der Waals surface area (Å²) in [6.45, 7) is 0. The van der Waals surface area contributed by atoms with Crippen LogP contribution in [0.1, 0.15) is 15.9 Å². The molecular weight excluding hydrogens is 178 g/mol. The van der Waals surface area contributed by atoms with E-state index in [9.17, 15) is 4.79 Å². The SMILES string of the molecule is N#Cc1cnc(Cl)c(C(N)=O)c1. The van der Waals surface area contributed by atoms with Gasteiger partial charge in [-0.05, 0) is 6.07 Å². The molecule has 1 aromatic rings. The Labute approximate surface area is 73.6 Å². The second kappa shape index (κ2) is 3.20. The number of nitrogens with two attached hydrogens (primary N) is 1. The van der Waals surface area contributed by atoms with Crippen LogP contribution < -0.4 is 5.73 Å². The van der Waals surface area contributed by atoms with E-state index in [2.05, 4.69) is 4.98 Å². The van der Waals surface area contributed by atoms with E-state index in [1.54, 1.807) is 0 Å². The van der Waals surface area contributed by atoms with Crippen molar-refractivity contribution in [2.75, 3.05) is 0 Å². The van der Waals surface area contributed by atoms with Crippen molar-refractivity contribution in [1.82, 2.24) is 4.98 Å². The van der Waals surface area contributed by atoms with E-state index in [4.69, 9.17) is 22.6 Å².